The highest BCUT2D eigenvalue weighted by Crippen LogP contribution is 2.18. The van der Waals surface area contributed by atoms with E-state index in [9.17, 15) is 0 Å². The zero-order chi connectivity index (χ0) is 8.97. The Balaban J connectivity index is 2.89. The highest BCUT2D eigenvalue weighted by atomic mass is 14.8. The molecule has 0 saturated carbocycles. The molecule has 0 aromatic rings. The second-order valence-corrected chi connectivity index (χ2v) is 3.16. The summed E-state index contributed by atoms with van der Waals surface area (Å²) in [7, 11) is 0. The first-order chi connectivity index (χ1) is 5.72. The molecule has 12 heavy (non-hydrogen) atoms. The van der Waals surface area contributed by atoms with Gasteiger partial charge in [0.1, 0.15) is 0 Å². The summed E-state index contributed by atoms with van der Waals surface area (Å²) in [5.74, 6) is 0.515. The van der Waals surface area contributed by atoms with Gasteiger partial charge in [0.25, 0.3) is 0 Å². The average molecular weight is 161 g/mol. The summed E-state index contributed by atoms with van der Waals surface area (Å²) in [4.78, 5) is 0. The van der Waals surface area contributed by atoms with Crippen LogP contribution in [0, 0.1) is 5.92 Å². The van der Waals surface area contributed by atoms with Crippen LogP contribution in [-0.4, -0.2) is 0 Å². The molecule has 0 bridgehead atoms. The van der Waals surface area contributed by atoms with E-state index in [1.807, 2.05) is 30.6 Å². The minimum absolute atomic E-state index is 0.515. The zero-order valence-electron chi connectivity index (χ0n) is 7.67. The number of hydrogen-bond acceptors (Lipinski definition) is 1. The fourth-order valence-electron chi connectivity index (χ4n) is 1.15. The molecule has 0 aliphatic carbocycles. The highest BCUT2D eigenvalue weighted by molar-refractivity contribution is 5.40. The van der Waals surface area contributed by atoms with Crippen molar-refractivity contribution in [2.45, 2.75) is 13.8 Å². The van der Waals surface area contributed by atoms with Gasteiger partial charge in [-0.15, -0.1) is 0 Å². The second kappa shape index (κ2) is 3.96. The molecule has 64 valence electrons. The first-order valence-corrected chi connectivity index (χ1v) is 4.20. The third-order valence-corrected chi connectivity index (χ3v) is 1.83. The highest BCUT2D eigenvalue weighted by Gasteiger charge is 2.04. The molecule has 0 saturated heterocycles. The van der Waals surface area contributed by atoms with Crippen LogP contribution in [0.25, 0.3) is 0 Å². The molecular formula is C11H15N. The van der Waals surface area contributed by atoms with Gasteiger partial charge in [0.05, 0.1) is 0 Å². The standard InChI is InChI=1S/C11H15N/c1-9(2)11-8-12-7-5-4-6-10(11)3/h4-9,12H,3H2,1-2H3/b6-4-,7-5-,11-8?. The van der Waals surface area contributed by atoms with Gasteiger partial charge in [-0.25, -0.2) is 0 Å². The van der Waals surface area contributed by atoms with Gasteiger partial charge in [0.2, 0.25) is 0 Å². The Hall–Kier alpha value is -1.24. The Morgan fingerprint density at radius 3 is 2.75 bits per heavy atom. The summed E-state index contributed by atoms with van der Waals surface area (Å²) in [6.45, 7) is 8.32. The predicted octanol–water partition coefficient (Wildman–Crippen LogP) is 2.76. The van der Waals surface area contributed by atoms with E-state index >= 15 is 0 Å². The van der Waals surface area contributed by atoms with E-state index in [-0.39, 0.29) is 0 Å². The Bertz CT molecular complexity index is 254. The largest absolute Gasteiger partial charge is 0.367 e. The second-order valence-electron chi connectivity index (χ2n) is 3.16. The monoisotopic (exact) mass is 161 g/mol. The number of rotatable bonds is 1. The summed E-state index contributed by atoms with van der Waals surface area (Å²) in [5.41, 5.74) is 2.34. The molecule has 1 aliphatic heterocycles. The van der Waals surface area contributed by atoms with Crippen LogP contribution < -0.4 is 5.32 Å². The van der Waals surface area contributed by atoms with Crippen LogP contribution in [0.15, 0.2) is 48.4 Å². The van der Waals surface area contributed by atoms with Crippen LogP contribution in [0.1, 0.15) is 13.8 Å². The topological polar surface area (TPSA) is 12.0 Å². The predicted molar refractivity (Wildman–Crippen MR) is 53.5 cm³/mol. The molecule has 1 N–H and O–H groups in total. The molecule has 1 heterocycles. The molecule has 0 fully saturated rings. The van der Waals surface area contributed by atoms with E-state index < -0.39 is 0 Å². The van der Waals surface area contributed by atoms with Crippen molar-refractivity contribution in [3.63, 3.8) is 0 Å². The maximum atomic E-state index is 3.99. The quantitative estimate of drug-likeness (QED) is 0.623. The number of allylic oxidation sites excluding steroid dienone is 5. The van der Waals surface area contributed by atoms with Gasteiger partial charge in [-0.1, -0.05) is 32.6 Å². The lowest BCUT2D eigenvalue weighted by molar-refractivity contribution is 0.774. The van der Waals surface area contributed by atoms with Crippen LogP contribution in [0.4, 0.5) is 0 Å². The minimum Gasteiger partial charge on any atom is -0.367 e. The molecule has 1 aliphatic rings. The van der Waals surface area contributed by atoms with Crippen molar-refractivity contribution >= 4 is 0 Å². The molecule has 0 radical (unpaired) electrons. The van der Waals surface area contributed by atoms with Gasteiger partial charge in [0, 0.05) is 12.4 Å². The van der Waals surface area contributed by atoms with Gasteiger partial charge >= 0.3 is 0 Å². The fourth-order valence-corrected chi connectivity index (χ4v) is 1.15. The molecular weight excluding hydrogens is 146 g/mol. The maximum Gasteiger partial charge on any atom is 0.00451 e. The van der Waals surface area contributed by atoms with Gasteiger partial charge in [-0.05, 0) is 23.1 Å². The molecule has 0 spiro atoms. The maximum absolute atomic E-state index is 3.99. The van der Waals surface area contributed by atoms with E-state index in [1.54, 1.807) is 0 Å². The minimum atomic E-state index is 0.515. The summed E-state index contributed by atoms with van der Waals surface area (Å²) in [6.07, 6.45) is 9.89. The Kier molecular flexibility index (Phi) is 2.92. The summed E-state index contributed by atoms with van der Waals surface area (Å²) in [6, 6.07) is 0. The number of nitrogens with one attached hydrogen (secondary N) is 1. The van der Waals surface area contributed by atoms with Crippen molar-refractivity contribution in [3.05, 3.63) is 48.4 Å². The Labute approximate surface area is 74.2 Å². The summed E-state index contributed by atoms with van der Waals surface area (Å²) in [5, 5.41) is 3.09. The number of hydrogen-bond donors (Lipinski definition) is 1. The first kappa shape index (κ1) is 8.85. The van der Waals surface area contributed by atoms with Crippen molar-refractivity contribution in [1.82, 2.24) is 5.32 Å². The first-order valence-electron chi connectivity index (χ1n) is 4.20. The molecule has 0 atom stereocenters. The van der Waals surface area contributed by atoms with Crippen molar-refractivity contribution in [2.75, 3.05) is 0 Å². The lowest BCUT2D eigenvalue weighted by Crippen LogP contribution is -2.03. The van der Waals surface area contributed by atoms with Crippen molar-refractivity contribution in [1.29, 1.82) is 0 Å². The van der Waals surface area contributed by atoms with E-state index in [1.165, 1.54) is 5.57 Å². The van der Waals surface area contributed by atoms with E-state index in [4.69, 9.17) is 0 Å². The van der Waals surface area contributed by atoms with E-state index in [0.717, 1.165) is 5.57 Å². The molecule has 1 heteroatoms. The lowest BCUT2D eigenvalue weighted by Gasteiger charge is -2.12. The average Bonchev–Trinajstić information content (AvgIpc) is 1.96. The summed E-state index contributed by atoms with van der Waals surface area (Å²) >= 11 is 0. The van der Waals surface area contributed by atoms with Crippen LogP contribution >= 0.6 is 0 Å². The van der Waals surface area contributed by atoms with Crippen LogP contribution in [-0.2, 0) is 0 Å². The Morgan fingerprint density at radius 2 is 2.08 bits per heavy atom. The molecule has 0 unspecified atom stereocenters. The van der Waals surface area contributed by atoms with Gasteiger partial charge in [-0.2, -0.15) is 0 Å². The third kappa shape index (κ3) is 2.12. The van der Waals surface area contributed by atoms with Gasteiger partial charge < -0.3 is 5.32 Å². The van der Waals surface area contributed by atoms with Crippen molar-refractivity contribution < 1.29 is 0 Å². The van der Waals surface area contributed by atoms with Crippen LogP contribution in [0.2, 0.25) is 0 Å². The SMILES string of the molecule is C=C1/C=C\C=C/NC=C1C(C)C. The molecule has 0 amide bonds. The molecule has 1 rings (SSSR count). The Morgan fingerprint density at radius 1 is 1.33 bits per heavy atom. The lowest BCUT2D eigenvalue weighted by atomic mass is 9.96. The van der Waals surface area contributed by atoms with Gasteiger partial charge in [-0.3, -0.25) is 0 Å². The molecule has 0 aromatic heterocycles. The van der Waals surface area contributed by atoms with Crippen molar-refractivity contribution in [3.8, 4) is 0 Å². The van der Waals surface area contributed by atoms with E-state index in [0.29, 0.717) is 5.92 Å². The normalized spacial score (nSPS) is 22.2. The van der Waals surface area contributed by atoms with E-state index in [2.05, 4.69) is 25.7 Å². The third-order valence-electron chi connectivity index (χ3n) is 1.83. The van der Waals surface area contributed by atoms with Gasteiger partial charge in [0.15, 0.2) is 0 Å². The van der Waals surface area contributed by atoms with Crippen LogP contribution in [0.5, 0.6) is 0 Å². The van der Waals surface area contributed by atoms with Crippen molar-refractivity contribution in [2.24, 2.45) is 5.92 Å². The fraction of sp³-hybridized carbons (Fsp3) is 0.273. The zero-order valence-corrected chi connectivity index (χ0v) is 7.67. The smallest absolute Gasteiger partial charge is 0.00451 e. The molecule has 0 aromatic carbocycles. The summed E-state index contributed by atoms with van der Waals surface area (Å²) < 4.78 is 0. The van der Waals surface area contributed by atoms with Crippen LogP contribution in [0.3, 0.4) is 0 Å². The molecule has 1 nitrogen and oxygen atoms in total.